The molecule has 0 radical (unpaired) electrons. The molecule has 0 amide bonds. The summed E-state index contributed by atoms with van der Waals surface area (Å²) in [6.45, 7) is 5.08. The first-order valence-electron chi connectivity index (χ1n) is 5.78. The molecule has 4 heteroatoms. The zero-order valence-electron chi connectivity index (χ0n) is 10.1. The van der Waals surface area contributed by atoms with E-state index in [2.05, 4.69) is 64.4 Å². The summed E-state index contributed by atoms with van der Waals surface area (Å²) in [7, 11) is 0. The number of benzene rings is 1. The van der Waals surface area contributed by atoms with Gasteiger partial charge < -0.3 is 5.32 Å². The molecule has 2 unspecified atom stereocenters. The fourth-order valence-corrected chi connectivity index (χ4v) is 3.76. The topological polar surface area (TPSA) is 24.4 Å². The second-order valence-electron chi connectivity index (χ2n) is 4.35. The van der Waals surface area contributed by atoms with Crippen LogP contribution in [0, 0.1) is 6.92 Å². The summed E-state index contributed by atoms with van der Waals surface area (Å²) in [6.07, 6.45) is 0. The van der Waals surface area contributed by atoms with Gasteiger partial charge in [0.25, 0.3) is 0 Å². The smallest absolute Gasteiger partial charge is 0.157 e. The number of thioether (sulfide) groups is 1. The van der Waals surface area contributed by atoms with Crippen LogP contribution in [-0.4, -0.2) is 21.8 Å². The molecule has 2 atom stereocenters. The van der Waals surface area contributed by atoms with E-state index in [9.17, 15) is 0 Å². The molecule has 0 spiro atoms. The number of hydrogen-bond donors (Lipinski definition) is 1. The van der Waals surface area contributed by atoms with Crippen molar-refractivity contribution in [2.75, 3.05) is 5.33 Å². The van der Waals surface area contributed by atoms with Gasteiger partial charge in [0.05, 0.1) is 6.54 Å². The third-order valence-electron chi connectivity index (χ3n) is 2.81. The number of aryl methyl sites for hydroxylation is 1. The minimum Gasteiger partial charge on any atom is -0.361 e. The summed E-state index contributed by atoms with van der Waals surface area (Å²) < 4.78 is 0. The molecule has 0 aromatic heterocycles. The lowest BCUT2D eigenvalue weighted by Crippen LogP contribution is -2.28. The van der Waals surface area contributed by atoms with Crippen molar-refractivity contribution in [3.8, 4) is 0 Å². The maximum Gasteiger partial charge on any atom is 0.157 e. The van der Waals surface area contributed by atoms with Crippen LogP contribution in [0.25, 0.3) is 0 Å². The molecule has 1 fully saturated rings. The van der Waals surface area contributed by atoms with Crippen molar-refractivity contribution < 1.29 is 0 Å². The summed E-state index contributed by atoms with van der Waals surface area (Å²) in [5, 5.41) is 6.09. The number of hydrogen-bond acceptors (Lipinski definition) is 2. The molecule has 17 heavy (non-hydrogen) atoms. The van der Waals surface area contributed by atoms with Gasteiger partial charge in [0, 0.05) is 16.6 Å². The van der Waals surface area contributed by atoms with E-state index in [-0.39, 0.29) is 0 Å². The van der Waals surface area contributed by atoms with Gasteiger partial charge in [0.15, 0.2) is 5.17 Å². The van der Waals surface area contributed by atoms with Crippen molar-refractivity contribution in [2.24, 2.45) is 4.99 Å². The first-order chi connectivity index (χ1) is 8.19. The average Bonchev–Trinajstić information content (AvgIpc) is 2.67. The van der Waals surface area contributed by atoms with Gasteiger partial charge in [-0.25, -0.2) is 0 Å². The van der Waals surface area contributed by atoms with Crippen molar-refractivity contribution in [3.63, 3.8) is 0 Å². The second kappa shape index (κ2) is 5.91. The Labute approximate surface area is 115 Å². The molecule has 2 nitrogen and oxygen atoms in total. The molecular formula is C13H17BrN2S. The van der Waals surface area contributed by atoms with Crippen molar-refractivity contribution in [3.05, 3.63) is 35.4 Å². The molecule has 0 bridgehead atoms. The van der Waals surface area contributed by atoms with Crippen molar-refractivity contribution >= 4 is 32.9 Å². The fraction of sp³-hybridized carbons (Fsp3) is 0.462. The molecule has 1 aromatic carbocycles. The molecule has 2 rings (SSSR count). The number of alkyl halides is 1. The molecule has 1 N–H and O–H groups in total. The van der Waals surface area contributed by atoms with Crippen LogP contribution in [0.2, 0.25) is 0 Å². The lowest BCUT2D eigenvalue weighted by Gasteiger charge is -2.07. The number of amidine groups is 1. The van der Waals surface area contributed by atoms with Crippen LogP contribution in [0.3, 0.4) is 0 Å². The lowest BCUT2D eigenvalue weighted by atomic mass is 10.1. The first kappa shape index (κ1) is 13.0. The first-order valence-corrected chi connectivity index (χ1v) is 7.78. The van der Waals surface area contributed by atoms with E-state index >= 15 is 0 Å². The quantitative estimate of drug-likeness (QED) is 0.866. The van der Waals surface area contributed by atoms with Crippen molar-refractivity contribution in [2.45, 2.75) is 31.7 Å². The Balaban J connectivity index is 1.98. The molecule has 92 valence electrons. The van der Waals surface area contributed by atoms with Gasteiger partial charge in [-0.05, 0) is 19.4 Å². The van der Waals surface area contributed by atoms with Crippen LogP contribution in [0.15, 0.2) is 29.3 Å². The van der Waals surface area contributed by atoms with Gasteiger partial charge in [0.2, 0.25) is 0 Å². The van der Waals surface area contributed by atoms with Gasteiger partial charge >= 0.3 is 0 Å². The van der Waals surface area contributed by atoms with Gasteiger partial charge in [-0.1, -0.05) is 57.5 Å². The Hall–Kier alpha value is -0.480. The Bertz CT molecular complexity index is 420. The van der Waals surface area contributed by atoms with Gasteiger partial charge in [-0.15, -0.1) is 0 Å². The third kappa shape index (κ3) is 3.49. The number of nitrogens with zero attached hydrogens (tertiary/aromatic N) is 1. The van der Waals surface area contributed by atoms with E-state index in [0.29, 0.717) is 11.3 Å². The Morgan fingerprint density at radius 1 is 1.47 bits per heavy atom. The van der Waals surface area contributed by atoms with E-state index in [0.717, 1.165) is 17.0 Å². The Morgan fingerprint density at radius 2 is 2.29 bits per heavy atom. The second-order valence-corrected chi connectivity index (χ2v) is 6.23. The highest BCUT2D eigenvalue weighted by atomic mass is 79.9. The molecule has 0 saturated carbocycles. The fourth-order valence-electron chi connectivity index (χ4n) is 1.79. The summed E-state index contributed by atoms with van der Waals surface area (Å²) in [5.74, 6) is 0. The molecular weight excluding hydrogens is 296 g/mol. The summed E-state index contributed by atoms with van der Waals surface area (Å²) in [6, 6.07) is 9.01. The zero-order valence-corrected chi connectivity index (χ0v) is 12.5. The predicted molar refractivity (Wildman–Crippen MR) is 80.1 cm³/mol. The minimum absolute atomic E-state index is 0.496. The van der Waals surface area contributed by atoms with Crippen LogP contribution >= 0.6 is 27.7 Å². The highest BCUT2D eigenvalue weighted by Gasteiger charge is 2.27. The van der Waals surface area contributed by atoms with E-state index in [4.69, 9.17) is 0 Å². The zero-order chi connectivity index (χ0) is 12.3. The molecule has 1 saturated heterocycles. The SMILES string of the molecule is Cc1cccc(CN=C2NC(C)C(CBr)S2)c1. The molecule has 1 aromatic rings. The molecule has 1 aliphatic rings. The van der Waals surface area contributed by atoms with Crippen LogP contribution < -0.4 is 5.32 Å². The summed E-state index contributed by atoms with van der Waals surface area (Å²) in [5.41, 5.74) is 2.57. The van der Waals surface area contributed by atoms with Crippen molar-refractivity contribution in [1.29, 1.82) is 0 Å². The molecule has 1 aliphatic heterocycles. The van der Waals surface area contributed by atoms with Gasteiger partial charge in [0.1, 0.15) is 0 Å². The van der Waals surface area contributed by atoms with Crippen LogP contribution in [0.4, 0.5) is 0 Å². The Kier molecular flexibility index (Phi) is 4.51. The standard InChI is InChI=1S/C13H17BrN2S/c1-9-4-3-5-11(6-9)8-15-13-16-10(2)12(7-14)17-13/h3-6,10,12H,7-8H2,1-2H3,(H,15,16). The molecule has 0 aliphatic carbocycles. The van der Waals surface area contributed by atoms with Gasteiger partial charge in [-0.2, -0.15) is 0 Å². The predicted octanol–water partition coefficient (Wildman–Crippen LogP) is 3.34. The maximum absolute atomic E-state index is 4.63. The van der Waals surface area contributed by atoms with Crippen molar-refractivity contribution in [1.82, 2.24) is 5.32 Å². The summed E-state index contributed by atoms with van der Waals surface area (Å²) >= 11 is 5.37. The minimum atomic E-state index is 0.496. The monoisotopic (exact) mass is 312 g/mol. The highest BCUT2D eigenvalue weighted by Crippen LogP contribution is 2.25. The number of halogens is 1. The van der Waals surface area contributed by atoms with Crippen LogP contribution in [0.5, 0.6) is 0 Å². The normalized spacial score (nSPS) is 26.2. The van der Waals surface area contributed by atoms with Crippen LogP contribution in [-0.2, 0) is 6.54 Å². The average molecular weight is 313 g/mol. The highest BCUT2D eigenvalue weighted by molar-refractivity contribution is 9.09. The van der Waals surface area contributed by atoms with E-state index in [1.54, 1.807) is 0 Å². The maximum atomic E-state index is 4.63. The van der Waals surface area contributed by atoms with E-state index in [1.807, 2.05) is 11.8 Å². The summed E-state index contributed by atoms with van der Waals surface area (Å²) in [4.78, 5) is 4.63. The third-order valence-corrected chi connectivity index (χ3v) is 5.29. The van der Waals surface area contributed by atoms with Crippen LogP contribution in [0.1, 0.15) is 18.1 Å². The number of nitrogens with one attached hydrogen (secondary N) is 1. The lowest BCUT2D eigenvalue weighted by molar-refractivity contribution is 0.684. The van der Waals surface area contributed by atoms with Gasteiger partial charge in [-0.3, -0.25) is 4.99 Å². The Morgan fingerprint density at radius 3 is 2.94 bits per heavy atom. The number of aliphatic imine (C=N–C) groups is 1. The van der Waals surface area contributed by atoms with E-state index in [1.165, 1.54) is 11.1 Å². The van der Waals surface area contributed by atoms with E-state index < -0.39 is 0 Å². The number of rotatable bonds is 3. The molecule has 1 heterocycles. The largest absolute Gasteiger partial charge is 0.361 e.